The zero-order valence-corrected chi connectivity index (χ0v) is 30.3. The van der Waals surface area contributed by atoms with Gasteiger partial charge in [0.2, 0.25) is 0 Å². The predicted molar refractivity (Wildman–Crippen MR) is 179 cm³/mol. The first kappa shape index (κ1) is 46.5. The van der Waals surface area contributed by atoms with Crippen LogP contribution in [0.3, 0.4) is 0 Å². The van der Waals surface area contributed by atoms with Gasteiger partial charge in [-0.3, -0.25) is 4.79 Å². The molecule has 0 spiro atoms. The first-order valence-electron chi connectivity index (χ1n) is 17.4. The largest absolute Gasteiger partial charge is 0.509 e. The average Bonchev–Trinajstić information content (AvgIpc) is 3.39. The first-order valence-corrected chi connectivity index (χ1v) is 17.4. The highest BCUT2D eigenvalue weighted by Gasteiger charge is 2.43. The molecule has 18 heteroatoms. The maximum atomic E-state index is 12.5. The number of hydrogen-bond donors (Lipinski definition) is 3. The van der Waals surface area contributed by atoms with Gasteiger partial charge in [-0.1, -0.05) is 50.5 Å². The summed E-state index contributed by atoms with van der Waals surface area (Å²) in [5.74, 6) is -6.81. The van der Waals surface area contributed by atoms with Gasteiger partial charge in [0.05, 0.1) is 18.3 Å². The normalized spacial score (nSPS) is 18.7. The minimum atomic E-state index is -1.23. The van der Waals surface area contributed by atoms with Crippen LogP contribution in [0.4, 0.5) is 4.79 Å². The lowest BCUT2D eigenvalue weighted by molar-refractivity contribution is -0.171. The van der Waals surface area contributed by atoms with E-state index in [1.54, 1.807) is 26.0 Å². The quantitative estimate of drug-likeness (QED) is 0.0394. The standard InChI is InChI=1S/C35H52O18/c1-4-5-8-11-24(37)14-15-25-26(12-9-6-7-10-13-29(39)52-23(2)3)28(16-27(25)38)53-35(45)50-21-33(43)48-19-31(41)46-17-30(40)47-18-32(42)49-20-34(44)51-22-36/h6,9,14-15,23-28,36-38H,4-5,7-8,10-13,16-22H2,1-3H3/b9-6-,15-14+/t24-,25+,26+,27+,28-/m0/s1. The number of carbonyl (C=O) groups excluding carboxylic acids is 7. The molecule has 1 rings (SSSR count). The molecule has 0 aromatic heterocycles. The van der Waals surface area contributed by atoms with Gasteiger partial charge in [0.15, 0.2) is 39.8 Å². The summed E-state index contributed by atoms with van der Waals surface area (Å²) in [6.45, 7) is 0.0981. The number of ether oxygens (including phenoxy) is 8. The highest BCUT2D eigenvalue weighted by Crippen LogP contribution is 2.38. The van der Waals surface area contributed by atoms with Crippen molar-refractivity contribution in [3.05, 3.63) is 24.3 Å². The smallest absolute Gasteiger partial charge is 0.463 e. The lowest BCUT2D eigenvalue weighted by Gasteiger charge is -2.22. The molecule has 1 aliphatic rings. The fourth-order valence-electron chi connectivity index (χ4n) is 4.95. The molecule has 0 bridgehead atoms. The topological polar surface area (TPSA) is 254 Å². The summed E-state index contributed by atoms with van der Waals surface area (Å²) in [5, 5.41) is 29.6. The van der Waals surface area contributed by atoms with Crippen molar-refractivity contribution in [3.63, 3.8) is 0 Å². The van der Waals surface area contributed by atoms with Crippen molar-refractivity contribution in [2.75, 3.05) is 39.8 Å². The van der Waals surface area contributed by atoms with Crippen LogP contribution < -0.4 is 0 Å². The van der Waals surface area contributed by atoms with E-state index in [1.807, 2.05) is 12.2 Å². The highest BCUT2D eigenvalue weighted by atomic mass is 16.7. The van der Waals surface area contributed by atoms with E-state index in [-0.39, 0.29) is 24.9 Å². The molecule has 0 aromatic carbocycles. The monoisotopic (exact) mass is 760 g/mol. The third kappa shape index (κ3) is 22.2. The molecular formula is C35H52O18. The van der Waals surface area contributed by atoms with Crippen LogP contribution >= 0.6 is 0 Å². The van der Waals surface area contributed by atoms with E-state index in [2.05, 4.69) is 30.6 Å². The van der Waals surface area contributed by atoms with Crippen molar-refractivity contribution in [2.24, 2.45) is 11.8 Å². The summed E-state index contributed by atoms with van der Waals surface area (Å²) in [6, 6.07) is 0. The van der Waals surface area contributed by atoms with E-state index in [1.165, 1.54) is 0 Å². The van der Waals surface area contributed by atoms with Gasteiger partial charge in [0, 0.05) is 24.7 Å². The average molecular weight is 761 g/mol. The molecule has 0 heterocycles. The number of hydrogen-bond acceptors (Lipinski definition) is 18. The Morgan fingerprint density at radius 1 is 0.736 bits per heavy atom. The summed E-state index contributed by atoms with van der Waals surface area (Å²) in [5.41, 5.74) is 0. The summed E-state index contributed by atoms with van der Waals surface area (Å²) in [7, 11) is 0. The van der Waals surface area contributed by atoms with Crippen LogP contribution in [0.25, 0.3) is 0 Å². The number of carbonyl (C=O) groups is 7. The number of rotatable bonds is 25. The van der Waals surface area contributed by atoms with E-state index in [9.17, 15) is 43.8 Å². The molecule has 0 saturated heterocycles. The molecule has 0 aromatic rings. The summed E-state index contributed by atoms with van der Waals surface area (Å²) < 4.78 is 37.6. The third-order valence-corrected chi connectivity index (χ3v) is 7.43. The molecule has 0 amide bonds. The molecule has 53 heavy (non-hydrogen) atoms. The molecule has 3 N–H and O–H groups in total. The van der Waals surface area contributed by atoms with Crippen LogP contribution in [0, 0.1) is 11.8 Å². The maximum Gasteiger partial charge on any atom is 0.509 e. The van der Waals surface area contributed by atoms with Gasteiger partial charge in [-0.05, 0) is 39.5 Å². The molecule has 1 aliphatic carbocycles. The zero-order chi connectivity index (χ0) is 39.6. The molecule has 18 nitrogen and oxygen atoms in total. The van der Waals surface area contributed by atoms with Crippen molar-refractivity contribution < 1.29 is 86.8 Å². The molecule has 0 unspecified atom stereocenters. The van der Waals surface area contributed by atoms with Gasteiger partial charge >= 0.3 is 42.0 Å². The van der Waals surface area contributed by atoms with E-state index in [0.29, 0.717) is 25.7 Å². The van der Waals surface area contributed by atoms with Crippen molar-refractivity contribution in [1.29, 1.82) is 0 Å². The Bertz CT molecular complexity index is 1230. The molecule has 5 atom stereocenters. The predicted octanol–water partition coefficient (Wildman–Crippen LogP) is 1.74. The Morgan fingerprint density at radius 3 is 1.81 bits per heavy atom. The fourth-order valence-corrected chi connectivity index (χ4v) is 4.95. The van der Waals surface area contributed by atoms with Crippen LogP contribution in [0.15, 0.2) is 24.3 Å². The lowest BCUT2D eigenvalue weighted by Crippen LogP contribution is -2.27. The second kappa shape index (κ2) is 27.1. The maximum absolute atomic E-state index is 12.5. The van der Waals surface area contributed by atoms with Gasteiger partial charge in [0.25, 0.3) is 0 Å². The number of aliphatic hydroxyl groups excluding tert-OH is 3. The van der Waals surface area contributed by atoms with E-state index in [0.717, 1.165) is 19.3 Å². The zero-order valence-electron chi connectivity index (χ0n) is 30.3. The molecular weight excluding hydrogens is 708 g/mol. The Morgan fingerprint density at radius 2 is 1.28 bits per heavy atom. The Balaban J connectivity index is 2.57. The van der Waals surface area contributed by atoms with E-state index in [4.69, 9.17) is 19.3 Å². The van der Waals surface area contributed by atoms with Crippen molar-refractivity contribution in [2.45, 2.75) is 103 Å². The van der Waals surface area contributed by atoms with Crippen molar-refractivity contribution in [1.82, 2.24) is 0 Å². The fraction of sp³-hybridized carbons (Fsp3) is 0.686. The Kier molecular flexibility index (Phi) is 23.8. The van der Waals surface area contributed by atoms with Gasteiger partial charge in [-0.15, -0.1) is 0 Å². The molecule has 1 saturated carbocycles. The summed E-state index contributed by atoms with van der Waals surface area (Å²) in [4.78, 5) is 82.1. The van der Waals surface area contributed by atoms with Gasteiger partial charge in [-0.25, -0.2) is 28.8 Å². The van der Waals surface area contributed by atoms with E-state index >= 15 is 0 Å². The Hall–Kier alpha value is -4.55. The Labute approximate surface area is 307 Å². The number of esters is 6. The van der Waals surface area contributed by atoms with Crippen LogP contribution in [-0.4, -0.2) is 122 Å². The highest BCUT2D eigenvalue weighted by molar-refractivity contribution is 5.82. The molecule has 0 radical (unpaired) electrons. The van der Waals surface area contributed by atoms with Gasteiger partial charge < -0.3 is 53.2 Å². The third-order valence-electron chi connectivity index (χ3n) is 7.43. The van der Waals surface area contributed by atoms with Gasteiger partial charge in [0.1, 0.15) is 6.10 Å². The van der Waals surface area contributed by atoms with Crippen molar-refractivity contribution in [3.8, 4) is 0 Å². The number of unbranched alkanes of at least 4 members (excludes halogenated alkanes) is 3. The minimum Gasteiger partial charge on any atom is -0.463 e. The van der Waals surface area contributed by atoms with E-state index < -0.39 is 106 Å². The van der Waals surface area contributed by atoms with Crippen LogP contribution in [0.5, 0.6) is 0 Å². The SMILES string of the molecule is CCCCC[C@H](O)/C=C/[C@@H]1[C@@H](C/C=C\CCCC(=O)OC(C)C)[C@@H](OC(=O)OCC(=O)OCC(=O)OCC(=O)OCC(=O)OCC(=O)OCO)C[C@H]1O. The summed E-state index contributed by atoms with van der Waals surface area (Å²) >= 11 is 0. The van der Waals surface area contributed by atoms with Crippen LogP contribution in [-0.2, 0) is 66.7 Å². The molecule has 300 valence electrons. The second-order valence-corrected chi connectivity index (χ2v) is 12.1. The van der Waals surface area contributed by atoms with Gasteiger partial charge in [-0.2, -0.15) is 0 Å². The first-order chi connectivity index (χ1) is 25.2. The van der Waals surface area contributed by atoms with Crippen molar-refractivity contribution >= 4 is 42.0 Å². The number of allylic oxidation sites excluding steroid dienone is 2. The second-order valence-electron chi connectivity index (χ2n) is 12.1. The number of aliphatic hydroxyl groups is 3. The minimum absolute atomic E-state index is 0.0642. The van der Waals surface area contributed by atoms with Crippen LogP contribution in [0.2, 0.25) is 0 Å². The molecule has 0 aliphatic heterocycles. The van der Waals surface area contributed by atoms with Crippen LogP contribution in [0.1, 0.15) is 78.6 Å². The summed E-state index contributed by atoms with van der Waals surface area (Å²) in [6.07, 6.45) is 8.53. The molecule has 1 fully saturated rings. The lowest BCUT2D eigenvalue weighted by atomic mass is 9.89.